The van der Waals surface area contributed by atoms with Gasteiger partial charge >= 0.3 is 0 Å². The van der Waals surface area contributed by atoms with Crippen molar-refractivity contribution in [1.82, 2.24) is 14.8 Å². The predicted molar refractivity (Wildman–Crippen MR) is 145 cm³/mol. The van der Waals surface area contributed by atoms with E-state index >= 15 is 0 Å². The number of nitrogens with one attached hydrogen (secondary N) is 2. The number of nitrogens with zero attached hydrogens (tertiary/aromatic N) is 3. The maximum Gasteiger partial charge on any atom is 0.256 e. The van der Waals surface area contributed by atoms with Crippen molar-refractivity contribution in [2.24, 2.45) is 7.05 Å². The molecule has 1 aromatic heterocycles. The number of rotatable bonds is 9. The van der Waals surface area contributed by atoms with Gasteiger partial charge in [-0.15, -0.1) is 10.2 Å². The summed E-state index contributed by atoms with van der Waals surface area (Å²) in [5.41, 5.74) is 2.70. The van der Waals surface area contributed by atoms with Crippen molar-refractivity contribution < 1.29 is 14.3 Å². The number of anilines is 2. The number of aromatic nitrogens is 3. The van der Waals surface area contributed by atoms with Gasteiger partial charge in [0.2, 0.25) is 5.91 Å². The second-order valence-corrected chi connectivity index (χ2v) is 9.44. The smallest absolute Gasteiger partial charge is 0.256 e. The average Bonchev–Trinajstić information content (AvgIpc) is 3.25. The van der Waals surface area contributed by atoms with Crippen LogP contribution in [0.25, 0.3) is 11.4 Å². The number of carbonyl (C=O) groups excluding carboxylic acids is 2. The molecule has 36 heavy (non-hydrogen) atoms. The van der Waals surface area contributed by atoms with Gasteiger partial charge in [-0.05, 0) is 71.4 Å². The van der Waals surface area contributed by atoms with E-state index in [2.05, 4.69) is 36.8 Å². The van der Waals surface area contributed by atoms with E-state index in [0.717, 1.165) is 10.0 Å². The summed E-state index contributed by atoms with van der Waals surface area (Å²) < 4.78 is 8.12. The van der Waals surface area contributed by atoms with E-state index in [-0.39, 0.29) is 17.6 Å². The summed E-state index contributed by atoms with van der Waals surface area (Å²) >= 11 is 4.69. The lowest BCUT2D eigenvalue weighted by Crippen LogP contribution is -2.15. The summed E-state index contributed by atoms with van der Waals surface area (Å²) in [6.07, 6.45) is 0. The SMILES string of the molecule is CCOc1ccccc1NC(=O)CSc1nnc(-c2ccc(NC(=O)c3ccccc3Br)cc2)n1C. The van der Waals surface area contributed by atoms with Crippen molar-refractivity contribution >= 4 is 50.9 Å². The van der Waals surface area contributed by atoms with Gasteiger partial charge in [0.25, 0.3) is 5.91 Å². The van der Waals surface area contributed by atoms with Crippen LogP contribution in [0.2, 0.25) is 0 Å². The second kappa shape index (κ2) is 11.9. The monoisotopic (exact) mass is 565 g/mol. The molecule has 10 heteroatoms. The number of hydrogen-bond donors (Lipinski definition) is 2. The molecule has 0 aliphatic heterocycles. The second-order valence-electron chi connectivity index (χ2n) is 7.64. The third kappa shape index (κ3) is 6.13. The third-order valence-electron chi connectivity index (χ3n) is 5.15. The topological polar surface area (TPSA) is 98.1 Å². The fourth-order valence-corrected chi connectivity index (χ4v) is 4.58. The van der Waals surface area contributed by atoms with E-state index in [1.54, 1.807) is 12.1 Å². The normalized spacial score (nSPS) is 10.6. The van der Waals surface area contributed by atoms with Gasteiger partial charge in [-0.1, -0.05) is 36.0 Å². The van der Waals surface area contributed by atoms with Crippen LogP contribution < -0.4 is 15.4 Å². The minimum atomic E-state index is -0.199. The first-order valence-corrected chi connectivity index (χ1v) is 12.9. The van der Waals surface area contributed by atoms with E-state index in [1.165, 1.54) is 11.8 Å². The predicted octanol–water partition coefficient (Wildman–Crippen LogP) is 5.63. The molecule has 0 aliphatic rings. The number of amides is 2. The number of benzene rings is 3. The van der Waals surface area contributed by atoms with Crippen LogP contribution in [-0.2, 0) is 11.8 Å². The quantitative estimate of drug-likeness (QED) is 0.255. The first-order chi connectivity index (χ1) is 17.5. The minimum Gasteiger partial charge on any atom is -0.492 e. The van der Waals surface area contributed by atoms with Crippen molar-refractivity contribution in [1.29, 1.82) is 0 Å². The number of thioether (sulfide) groups is 1. The van der Waals surface area contributed by atoms with Crippen LogP contribution in [0.5, 0.6) is 5.75 Å². The lowest BCUT2D eigenvalue weighted by atomic mass is 10.1. The van der Waals surface area contributed by atoms with Crippen molar-refractivity contribution in [3.05, 3.63) is 82.8 Å². The van der Waals surface area contributed by atoms with Crippen LogP contribution >= 0.6 is 27.7 Å². The van der Waals surface area contributed by atoms with E-state index in [4.69, 9.17) is 4.74 Å². The number of carbonyl (C=O) groups is 2. The molecule has 0 saturated carbocycles. The third-order valence-corrected chi connectivity index (χ3v) is 6.86. The molecule has 0 atom stereocenters. The Kier molecular flexibility index (Phi) is 8.40. The highest BCUT2D eigenvalue weighted by Crippen LogP contribution is 2.26. The van der Waals surface area contributed by atoms with Gasteiger partial charge < -0.3 is 19.9 Å². The zero-order chi connectivity index (χ0) is 25.5. The molecule has 0 aliphatic carbocycles. The van der Waals surface area contributed by atoms with Crippen LogP contribution in [0.1, 0.15) is 17.3 Å². The van der Waals surface area contributed by atoms with Crippen LogP contribution in [0.4, 0.5) is 11.4 Å². The fourth-order valence-electron chi connectivity index (χ4n) is 3.41. The molecule has 0 bridgehead atoms. The molecule has 0 fully saturated rings. The Morgan fingerprint density at radius 1 is 0.972 bits per heavy atom. The first-order valence-electron chi connectivity index (χ1n) is 11.2. The molecule has 0 unspecified atom stereocenters. The Labute approximate surface area is 221 Å². The summed E-state index contributed by atoms with van der Waals surface area (Å²) in [4.78, 5) is 25.0. The van der Waals surface area contributed by atoms with Crippen molar-refractivity contribution in [2.75, 3.05) is 23.0 Å². The van der Waals surface area contributed by atoms with Gasteiger partial charge in [0.1, 0.15) is 5.75 Å². The van der Waals surface area contributed by atoms with Crippen LogP contribution in [0.3, 0.4) is 0 Å². The highest BCUT2D eigenvalue weighted by Gasteiger charge is 2.15. The van der Waals surface area contributed by atoms with Gasteiger partial charge in [0.15, 0.2) is 11.0 Å². The molecular formula is C26H24BrN5O3S. The first kappa shape index (κ1) is 25.5. The summed E-state index contributed by atoms with van der Waals surface area (Å²) in [5, 5.41) is 14.9. The fraction of sp³-hybridized carbons (Fsp3) is 0.154. The highest BCUT2D eigenvalue weighted by molar-refractivity contribution is 9.10. The van der Waals surface area contributed by atoms with Crippen LogP contribution in [0, 0.1) is 0 Å². The molecule has 2 N–H and O–H groups in total. The van der Waals surface area contributed by atoms with E-state index in [1.807, 2.05) is 79.2 Å². The lowest BCUT2D eigenvalue weighted by molar-refractivity contribution is -0.113. The van der Waals surface area contributed by atoms with Crippen molar-refractivity contribution in [2.45, 2.75) is 12.1 Å². The molecule has 1 heterocycles. The molecular weight excluding hydrogens is 542 g/mol. The Hall–Kier alpha value is -3.63. The van der Waals surface area contributed by atoms with Gasteiger partial charge in [-0.3, -0.25) is 9.59 Å². The summed E-state index contributed by atoms with van der Waals surface area (Å²) in [6.45, 7) is 2.41. The lowest BCUT2D eigenvalue weighted by Gasteiger charge is -2.11. The maximum atomic E-state index is 12.5. The standard InChI is InChI=1S/C26H24BrN5O3S/c1-3-35-22-11-7-6-10-21(22)29-23(33)16-36-26-31-30-24(32(26)2)17-12-14-18(15-13-17)28-25(34)19-8-4-5-9-20(19)27/h4-15H,3,16H2,1-2H3,(H,28,34)(H,29,33). The zero-order valence-corrected chi connectivity index (χ0v) is 22.1. The Morgan fingerprint density at radius 3 is 2.44 bits per heavy atom. The zero-order valence-electron chi connectivity index (χ0n) is 19.7. The summed E-state index contributed by atoms with van der Waals surface area (Å²) in [6, 6.07) is 21.9. The van der Waals surface area contributed by atoms with Crippen LogP contribution in [-0.4, -0.2) is 38.9 Å². The number of ether oxygens (including phenoxy) is 1. The minimum absolute atomic E-state index is 0.165. The highest BCUT2D eigenvalue weighted by atomic mass is 79.9. The maximum absolute atomic E-state index is 12.5. The largest absolute Gasteiger partial charge is 0.492 e. The molecule has 184 valence electrons. The van der Waals surface area contributed by atoms with Gasteiger partial charge in [-0.25, -0.2) is 0 Å². The Morgan fingerprint density at radius 2 is 1.69 bits per heavy atom. The van der Waals surface area contributed by atoms with E-state index in [9.17, 15) is 9.59 Å². The molecule has 0 radical (unpaired) electrons. The number of para-hydroxylation sites is 2. The molecule has 2 amide bonds. The molecule has 0 saturated heterocycles. The van der Waals surface area contributed by atoms with Gasteiger partial charge in [0, 0.05) is 22.8 Å². The van der Waals surface area contributed by atoms with Gasteiger partial charge in [0.05, 0.1) is 23.6 Å². The number of halogens is 1. The summed E-state index contributed by atoms with van der Waals surface area (Å²) in [5.74, 6) is 1.10. The molecule has 8 nitrogen and oxygen atoms in total. The van der Waals surface area contributed by atoms with E-state index in [0.29, 0.717) is 40.3 Å². The van der Waals surface area contributed by atoms with Gasteiger partial charge in [-0.2, -0.15) is 0 Å². The van der Waals surface area contributed by atoms with Crippen molar-refractivity contribution in [3.8, 4) is 17.1 Å². The van der Waals surface area contributed by atoms with E-state index < -0.39 is 0 Å². The Balaban J connectivity index is 1.37. The summed E-state index contributed by atoms with van der Waals surface area (Å²) in [7, 11) is 1.85. The van der Waals surface area contributed by atoms with Crippen molar-refractivity contribution in [3.63, 3.8) is 0 Å². The molecule has 0 spiro atoms. The molecule has 4 aromatic rings. The molecule has 3 aromatic carbocycles. The molecule has 4 rings (SSSR count). The van der Waals surface area contributed by atoms with Crippen LogP contribution in [0.15, 0.2) is 82.4 Å². The average molecular weight is 566 g/mol. The number of hydrogen-bond acceptors (Lipinski definition) is 6. The Bertz CT molecular complexity index is 1370.